The summed E-state index contributed by atoms with van der Waals surface area (Å²) in [6.45, 7) is -6.57. The van der Waals surface area contributed by atoms with Gasteiger partial charge in [-0.2, -0.15) is 22.0 Å². The predicted molar refractivity (Wildman–Crippen MR) is 75.1 cm³/mol. The molecule has 0 aliphatic rings. The number of hydrogen-bond acceptors (Lipinski definition) is 4. The van der Waals surface area contributed by atoms with E-state index in [2.05, 4.69) is 19.8 Å². The Bertz CT molecular complexity index is 726. The maximum absolute atomic E-state index is 12.7. The number of aromatic nitrogens is 1. The van der Waals surface area contributed by atoms with Gasteiger partial charge in [-0.3, -0.25) is 4.79 Å². The Morgan fingerprint density at radius 2 is 1.80 bits per heavy atom. The van der Waals surface area contributed by atoms with Crippen LogP contribution in [0.5, 0.6) is 11.5 Å². The number of rotatable bonds is 7. The van der Waals surface area contributed by atoms with Gasteiger partial charge in [0.15, 0.2) is 0 Å². The van der Waals surface area contributed by atoms with Gasteiger partial charge >= 0.3 is 13.2 Å². The molecule has 0 saturated carbocycles. The highest BCUT2D eigenvalue weighted by Gasteiger charge is 2.14. The minimum absolute atomic E-state index is 0.0513. The summed E-state index contributed by atoms with van der Waals surface area (Å²) < 4.78 is 70.3. The summed E-state index contributed by atoms with van der Waals surface area (Å²) in [5.74, 6) is -2.20. The number of benzene rings is 1. The third-order valence-corrected chi connectivity index (χ3v) is 2.91. The van der Waals surface area contributed by atoms with E-state index >= 15 is 0 Å². The van der Waals surface area contributed by atoms with Gasteiger partial charge in [0, 0.05) is 24.4 Å². The van der Waals surface area contributed by atoms with E-state index in [-0.39, 0.29) is 23.4 Å². The Balaban J connectivity index is 2.11. The molecule has 0 radical (unpaired) electrons. The van der Waals surface area contributed by atoms with Crippen molar-refractivity contribution in [2.45, 2.75) is 19.8 Å². The van der Waals surface area contributed by atoms with Crippen molar-refractivity contribution >= 4 is 5.91 Å². The molecular weight excluding hydrogens is 351 g/mol. The van der Waals surface area contributed by atoms with Crippen LogP contribution in [0.4, 0.5) is 22.0 Å². The van der Waals surface area contributed by atoms with Crippen molar-refractivity contribution in [2.24, 2.45) is 0 Å². The van der Waals surface area contributed by atoms with Crippen LogP contribution in [0.3, 0.4) is 0 Å². The molecule has 134 valence electrons. The van der Waals surface area contributed by atoms with Gasteiger partial charge in [0.05, 0.1) is 5.56 Å². The van der Waals surface area contributed by atoms with Crippen molar-refractivity contribution in [1.29, 1.82) is 0 Å². The van der Waals surface area contributed by atoms with E-state index in [4.69, 9.17) is 0 Å². The number of nitrogens with zero attached hydrogens (tertiary/aromatic N) is 1. The zero-order valence-corrected chi connectivity index (χ0v) is 12.4. The third-order valence-electron chi connectivity index (χ3n) is 2.91. The van der Waals surface area contributed by atoms with Crippen molar-refractivity contribution in [3.63, 3.8) is 0 Å². The van der Waals surface area contributed by atoms with Crippen LogP contribution in [0.1, 0.15) is 15.9 Å². The summed E-state index contributed by atoms with van der Waals surface area (Å²) in [5, 5.41) is 2.39. The van der Waals surface area contributed by atoms with Crippen LogP contribution < -0.4 is 14.8 Å². The van der Waals surface area contributed by atoms with Crippen LogP contribution in [0.15, 0.2) is 36.5 Å². The number of nitrogens with one attached hydrogen (secondary N) is 1. The number of hydrogen-bond donors (Lipinski definition) is 1. The van der Waals surface area contributed by atoms with Gasteiger partial charge in [-0.1, -0.05) is 0 Å². The first-order valence-electron chi connectivity index (χ1n) is 6.77. The molecule has 0 saturated heterocycles. The zero-order chi connectivity index (χ0) is 18.4. The fourth-order valence-electron chi connectivity index (χ4n) is 1.85. The predicted octanol–water partition coefficient (Wildman–Crippen LogP) is 3.35. The summed E-state index contributed by atoms with van der Waals surface area (Å²) in [5.41, 5.74) is 0.153. The van der Waals surface area contributed by atoms with E-state index in [0.29, 0.717) is 0 Å². The molecule has 1 aromatic carbocycles. The zero-order valence-electron chi connectivity index (χ0n) is 12.4. The molecule has 1 aromatic heterocycles. The summed E-state index contributed by atoms with van der Waals surface area (Å²) in [6, 6.07) is 5.34. The van der Waals surface area contributed by atoms with Crippen LogP contribution in [-0.2, 0) is 6.54 Å². The van der Waals surface area contributed by atoms with Crippen LogP contribution in [0.25, 0.3) is 0 Å². The van der Waals surface area contributed by atoms with Crippen molar-refractivity contribution in [2.75, 3.05) is 0 Å². The Kier molecular flexibility index (Phi) is 6.09. The molecule has 0 unspecified atom stereocenters. The molecule has 2 aromatic rings. The average molecular weight is 362 g/mol. The van der Waals surface area contributed by atoms with Crippen molar-refractivity contribution < 1.29 is 36.2 Å². The number of alkyl halides is 4. The first kappa shape index (κ1) is 18.4. The molecule has 25 heavy (non-hydrogen) atoms. The van der Waals surface area contributed by atoms with E-state index in [1.54, 1.807) is 0 Å². The molecule has 1 heterocycles. The summed E-state index contributed by atoms with van der Waals surface area (Å²) in [7, 11) is 0. The normalized spacial score (nSPS) is 10.8. The quantitative estimate of drug-likeness (QED) is 0.606. The first-order valence-corrected chi connectivity index (χ1v) is 6.77. The minimum atomic E-state index is -3.20. The highest BCUT2D eigenvalue weighted by molar-refractivity contribution is 5.93. The van der Waals surface area contributed by atoms with Gasteiger partial charge in [-0.25, -0.2) is 4.98 Å². The van der Waals surface area contributed by atoms with Gasteiger partial charge in [0.2, 0.25) is 5.95 Å². The Labute approximate surface area is 138 Å². The molecule has 0 atom stereocenters. The second-order valence-electron chi connectivity index (χ2n) is 4.58. The lowest BCUT2D eigenvalue weighted by Gasteiger charge is -2.13. The van der Waals surface area contributed by atoms with Crippen molar-refractivity contribution in [3.8, 4) is 11.5 Å². The molecule has 0 spiro atoms. The minimum Gasteiger partial charge on any atom is -0.435 e. The largest absolute Gasteiger partial charge is 0.435 e. The van der Waals surface area contributed by atoms with Gasteiger partial charge in [0.25, 0.3) is 5.91 Å². The topological polar surface area (TPSA) is 60.5 Å². The monoisotopic (exact) mass is 362 g/mol. The fraction of sp³-hybridized carbons (Fsp3) is 0.200. The highest BCUT2D eigenvalue weighted by atomic mass is 19.3. The lowest BCUT2D eigenvalue weighted by Crippen LogP contribution is -2.23. The molecule has 10 heteroatoms. The number of carbonyl (C=O) groups excluding carboxylic acids is 1. The molecule has 0 aliphatic heterocycles. The molecule has 5 nitrogen and oxygen atoms in total. The van der Waals surface area contributed by atoms with E-state index in [1.165, 1.54) is 12.1 Å². The van der Waals surface area contributed by atoms with E-state index in [9.17, 15) is 26.7 Å². The van der Waals surface area contributed by atoms with Crippen LogP contribution in [-0.4, -0.2) is 24.1 Å². The molecular formula is C15H11F5N2O3. The van der Waals surface area contributed by atoms with Gasteiger partial charge in [0.1, 0.15) is 11.5 Å². The molecule has 0 fully saturated rings. The van der Waals surface area contributed by atoms with Gasteiger partial charge < -0.3 is 14.8 Å². The number of carbonyl (C=O) groups is 1. The standard InChI is InChI=1S/C15H11F5N2O3/c16-12-4-2-9(7-21-12)13(23)22-6-8-1-3-10(24-14(17)18)5-11(8)25-15(19)20/h1-5,7,14-15H,6H2,(H,22,23). The van der Waals surface area contributed by atoms with Crippen molar-refractivity contribution in [3.05, 3.63) is 53.6 Å². The summed E-state index contributed by atoms with van der Waals surface area (Å²) in [4.78, 5) is 15.2. The van der Waals surface area contributed by atoms with Gasteiger partial charge in [-0.15, -0.1) is 0 Å². The molecule has 1 amide bonds. The Hall–Kier alpha value is -2.91. The number of ether oxygens (including phenoxy) is 2. The average Bonchev–Trinajstić information content (AvgIpc) is 2.53. The second kappa shape index (κ2) is 8.27. The van der Waals surface area contributed by atoms with E-state index in [0.717, 1.165) is 24.4 Å². The lowest BCUT2D eigenvalue weighted by molar-refractivity contribution is -0.0546. The molecule has 1 N–H and O–H groups in total. The third kappa shape index (κ3) is 5.59. The number of halogens is 5. The smallest absolute Gasteiger partial charge is 0.387 e. The summed E-state index contributed by atoms with van der Waals surface area (Å²) >= 11 is 0. The maximum Gasteiger partial charge on any atom is 0.387 e. The van der Waals surface area contributed by atoms with E-state index < -0.39 is 30.8 Å². The SMILES string of the molecule is O=C(NCc1ccc(OC(F)F)cc1OC(F)F)c1ccc(F)nc1. The molecule has 2 rings (SSSR count). The lowest BCUT2D eigenvalue weighted by atomic mass is 10.2. The first-order chi connectivity index (χ1) is 11.8. The van der Waals surface area contributed by atoms with Crippen LogP contribution >= 0.6 is 0 Å². The van der Waals surface area contributed by atoms with Crippen LogP contribution in [0, 0.1) is 5.95 Å². The van der Waals surface area contributed by atoms with Gasteiger partial charge in [-0.05, 0) is 24.3 Å². The van der Waals surface area contributed by atoms with Crippen molar-refractivity contribution in [1.82, 2.24) is 10.3 Å². The Morgan fingerprint density at radius 3 is 2.40 bits per heavy atom. The van der Waals surface area contributed by atoms with Crippen LogP contribution in [0.2, 0.25) is 0 Å². The second-order valence-corrected chi connectivity index (χ2v) is 4.58. The number of pyridine rings is 1. The number of amides is 1. The molecule has 0 bridgehead atoms. The van der Waals surface area contributed by atoms with E-state index in [1.807, 2.05) is 0 Å². The summed E-state index contributed by atoms with van der Waals surface area (Å²) in [6.07, 6.45) is 1.00. The maximum atomic E-state index is 12.7. The Morgan fingerprint density at radius 1 is 1.08 bits per heavy atom. The molecule has 0 aliphatic carbocycles. The highest BCUT2D eigenvalue weighted by Crippen LogP contribution is 2.27. The fourth-order valence-corrected chi connectivity index (χ4v) is 1.85.